The molecule has 0 fully saturated rings. The van der Waals surface area contributed by atoms with Gasteiger partial charge >= 0.3 is 6.09 Å². The first-order chi connectivity index (χ1) is 7.70. The zero-order valence-corrected chi connectivity index (χ0v) is 9.15. The second-order valence-corrected chi connectivity index (χ2v) is 3.50. The molecule has 0 bridgehead atoms. The Labute approximate surface area is 92.8 Å². The van der Waals surface area contributed by atoms with Crippen LogP contribution in [0, 0.1) is 0 Å². The van der Waals surface area contributed by atoms with Crippen LogP contribution in [0.4, 0.5) is 4.79 Å². The van der Waals surface area contributed by atoms with E-state index < -0.39 is 6.09 Å². The number of amides is 1. The maximum atomic E-state index is 11.0. The smallest absolute Gasteiger partial charge is 0.407 e. The normalized spacial score (nSPS) is 12.4. The number of hydrogen-bond donors (Lipinski definition) is 2. The van der Waals surface area contributed by atoms with Gasteiger partial charge in [0.25, 0.3) is 0 Å². The summed E-state index contributed by atoms with van der Waals surface area (Å²) in [4.78, 5) is 18.6. The highest BCUT2D eigenvalue weighted by atomic mass is 16.5. The fraction of sp³-hybridized carbons (Fsp3) is 0.273. The monoisotopic (exact) mass is 219 g/mol. The molecule has 5 nitrogen and oxygen atoms in total. The number of carbonyl (C=O) groups excluding carboxylic acids is 1. The summed E-state index contributed by atoms with van der Waals surface area (Å²) in [6.07, 6.45) is -0.465. The maximum Gasteiger partial charge on any atom is 0.407 e. The van der Waals surface area contributed by atoms with Crippen LogP contribution in [0.5, 0.6) is 0 Å². The van der Waals surface area contributed by atoms with E-state index in [0.29, 0.717) is 5.82 Å². The first-order valence-electron chi connectivity index (χ1n) is 5.00. The fourth-order valence-corrected chi connectivity index (χ4v) is 1.48. The van der Waals surface area contributed by atoms with E-state index in [1.807, 2.05) is 31.2 Å². The van der Waals surface area contributed by atoms with Crippen LogP contribution in [-0.2, 0) is 4.74 Å². The number of fused-ring (bicyclic) bond motifs is 1. The summed E-state index contributed by atoms with van der Waals surface area (Å²) >= 11 is 0. The molecule has 1 aromatic heterocycles. The number of alkyl carbamates (subject to hydrolysis) is 1. The predicted molar refractivity (Wildman–Crippen MR) is 60.0 cm³/mol. The van der Waals surface area contributed by atoms with Crippen LogP contribution in [0.15, 0.2) is 24.3 Å². The van der Waals surface area contributed by atoms with Gasteiger partial charge in [0.1, 0.15) is 5.82 Å². The number of nitrogens with zero attached hydrogens (tertiary/aromatic N) is 1. The van der Waals surface area contributed by atoms with Crippen molar-refractivity contribution in [3.63, 3.8) is 0 Å². The number of imidazole rings is 1. The summed E-state index contributed by atoms with van der Waals surface area (Å²) in [5, 5.41) is 2.65. The van der Waals surface area contributed by atoms with Gasteiger partial charge < -0.3 is 15.0 Å². The molecule has 1 atom stereocenters. The predicted octanol–water partition coefficient (Wildman–Crippen LogP) is 1.98. The van der Waals surface area contributed by atoms with E-state index in [1.165, 1.54) is 7.11 Å². The number of aromatic amines is 1. The number of para-hydroxylation sites is 2. The van der Waals surface area contributed by atoms with Gasteiger partial charge in [-0.3, -0.25) is 0 Å². The molecule has 0 spiro atoms. The molecule has 0 aliphatic carbocycles. The van der Waals surface area contributed by atoms with E-state index in [9.17, 15) is 4.79 Å². The van der Waals surface area contributed by atoms with Crippen LogP contribution in [0.25, 0.3) is 11.0 Å². The molecule has 1 aromatic carbocycles. The Bertz CT molecular complexity index is 474. The van der Waals surface area contributed by atoms with Crippen molar-refractivity contribution in [1.29, 1.82) is 0 Å². The Balaban J connectivity index is 2.23. The summed E-state index contributed by atoms with van der Waals surface area (Å²) in [7, 11) is 1.33. The van der Waals surface area contributed by atoms with Gasteiger partial charge in [-0.15, -0.1) is 0 Å². The third-order valence-electron chi connectivity index (χ3n) is 2.34. The highest BCUT2D eigenvalue weighted by Crippen LogP contribution is 2.15. The Kier molecular flexibility index (Phi) is 2.76. The quantitative estimate of drug-likeness (QED) is 0.811. The molecule has 5 heteroatoms. The number of hydrogen-bond acceptors (Lipinski definition) is 3. The number of methoxy groups -OCH3 is 1. The average Bonchev–Trinajstić information content (AvgIpc) is 2.72. The molecule has 16 heavy (non-hydrogen) atoms. The third kappa shape index (κ3) is 1.98. The second kappa shape index (κ2) is 4.22. The lowest BCUT2D eigenvalue weighted by Crippen LogP contribution is -2.26. The minimum Gasteiger partial charge on any atom is -0.453 e. The Hall–Kier alpha value is -2.04. The largest absolute Gasteiger partial charge is 0.453 e. The van der Waals surface area contributed by atoms with Crippen LogP contribution in [0.2, 0.25) is 0 Å². The van der Waals surface area contributed by atoms with Crippen LogP contribution in [0.3, 0.4) is 0 Å². The molecular formula is C11H13N3O2. The van der Waals surface area contributed by atoms with E-state index in [-0.39, 0.29) is 6.04 Å². The highest BCUT2D eigenvalue weighted by Gasteiger charge is 2.12. The number of benzene rings is 1. The van der Waals surface area contributed by atoms with E-state index in [0.717, 1.165) is 11.0 Å². The summed E-state index contributed by atoms with van der Waals surface area (Å²) in [6, 6.07) is 7.50. The Morgan fingerprint density at radius 1 is 1.50 bits per heavy atom. The lowest BCUT2D eigenvalue weighted by Gasteiger charge is -2.09. The van der Waals surface area contributed by atoms with E-state index in [2.05, 4.69) is 20.0 Å². The molecule has 2 rings (SSSR count). The standard InChI is InChI=1S/C11H13N3O2/c1-7(12-11(15)16-2)10-13-8-5-3-4-6-9(8)14-10/h3-7H,1-2H3,(H,12,15)(H,13,14)/t7-/m1/s1. The topological polar surface area (TPSA) is 67.0 Å². The van der Waals surface area contributed by atoms with Gasteiger partial charge in [-0.1, -0.05) is 12.1 Å². The Morgan fingerprint density at radius 2 is 2.25 bits per heavy atom. The molecule has 2 N–H and O–H groups in total. The van der Waals surface area contributed by atoms with Crippen LogP contribution >= 0.6 is 0 Å². The third-order valence-corrected chi connectivity index (χ3v) is 2.34. The molecular weight excluding hydrogens is 206 g/mol. The van der Waals surface area contributed by atoms with Gasteiger partial charge in [0.2, 0.25) is 0 Å². The van der Waals surface area contributed by atoms with Crippen molar-refractivity contribution in [1.82, 2.24) is 15.3 Å². The minimum absolute atomic E-state index is 0.208. The van der Waals surface area contributed by atoms with Crippen molar-refractivity contribution in [3.8, 4) is 0 Å². The molecule has 0 aliphatic heterocycles. The summed E-state index contributed by atoms with van der Waals surface area (Å²) < 4.78 is 4.52. The summed E-state index contributed by atoms with van der Waals surface area (Å²) in [6.45, 7) is 1.84. The molecule has 0 aliphatic rings. The van der Waals surface area contributed by atoms with Crippen molar-refractivity contribution >= 4 is 17.1 Å². The molecule has 0 saturated carbocycles. The molecule has 1 heterocycles. The molecule has 84 valence electrons. The number of H-pyrrole nitrogens is 1. The lowest BCUT2D eigenvalue weighted by atomic mass is 10.3. The fourth-order valence-electron chi connectivity index (χ4n) is 1.48. The van der Waals surface area contributed by atoms with E-state index in [4.69, 9.17) is 0 Å². The molecule has 0 saturated heterocycles. The van der Waals surface area contributed by atoms with Gasteiger partial charge in [0, 0.05) is 0 Å². The van der Waals surface area contributed by atoms with Crippen molar-refractivity contribution in [2.45, 2.75) is 13.0 Å². The van der Waals surface area contributed by atoms with Crippen LogP contribution in [-0.4, -0.2) is 23.2 Å². The SMILES string of the molecule is COC(=O)N[C@H](C)c1nc2ccccc2[nH]1. The van der Waals surface area contributed by atoms with E-state index in [1.54, 1.807) is 0 Å². The number of aromatic nitrogens is 2. The van der Waals surface area contributed by atoms with Crippen molar-refractivity contribution in [3.05, 3.63) is 30.1 Å². The number of ether oxygens (including phenoxy) is 1. The molecule has 0 unspecified atom stereocenters. The number of carbonyl (C=O) groups is 1. The zero-order chi connectivity index (χ0) is 11.5. The summed E-state index contributed by atoms with van der Waals surface area (Å²) in [5.74, 6) is 0.714. The molecule has 1 amide bonds. The van der Waals surface area contributed by atoms with Crippen molar-refractivity contribution in [2.75, 3.05) is 7.11 Å². The van der Waals surface area contributed by atoms with Gasteiger partial charge in [0.15, 0.2) is 0 Å². The average molecular weight is 219 g/mol. The number of nitrogens with one attached hydrogen (secondary N) is 2. The lowest BCUT2D eigenvalue weighted by molar-refractivity contribution is 0.167. The van der Waals surface area contributed by atoms with Gasteiger partial charge in [-0.05, 0) is 19.1 Å². The number of rotatable bonds is 2. The van der Waals surface area contributed by atoms with Crippen molar-refractivity contribution in [2.24, 2.45) is 0 Å². The first-order valence-corrected chi connectivity index (χ1v) is 5.00. The molecule has 2 aromatic rings. The highest BCUT2D eigenvalue weighted by molar-refractivity contribution is 5.75. The maximum absolute atomic E-state index is 11.0. The van der Waals surface area contributed by atoms with Crippen LogP contribution < -0.4 is 5.32 Å². The molecule has 0 radical (unpaired) electrons. The van der Waals surface area contributed by atoms with Gasteiger partial charge in [-0.25, -0.2) is 9.78 Å². The second-order valence-electron chi connectivity index (χ2n) is 3.50. The van der Waals surface area contributed by atoms with Gasteiger partial charge in [0.05, 0.1) is 24.2 Å². The zero-order valence-electron chi connectivity index (χ0n) is 9.15. The van der Waals surface area contributed by atoms with Crippen LogP contribution in [0.1, 0.15) is 18.8 Å². The van der Waals surface area contributed by atoms with Crippen molar-refractivity contribution < 1.29 is 9.53 Å². The Morgan fingerprint density at radius 3 is 2.94 bits per heavy atom. The first kappa shape index (κ1) is 10.5. The van der Waals surface area contributed by atoms with E-state index >= 15 is 0 Å². The summed E-state index contributed by atoms with van der Waals surface area (Å²) in [5.41, 5.74) is 1.84. The van der Waals surface area contributed by atoms with Gasteiger partial charge in [-0.2, -0.15) is 0 Å². The minimum atomic E-state index is -0.465.